The molecular formula is C13H15Cl2NO. The van der Waals surface area contributed by atoms with Gasteiger partial charge in [0.2, 0.25) is 0 Å². The molecule has 0 bridgehead atoms. The first-order chi connectivity index (χ1) is 7.99. The second-order valence-corrected chi connectivity index (χ2v) is 5.57. The van der Waals surface area contributed by atoms with Crippen LogP contribution in [-0.2, 0) is 0 Å². The Morgan fingerprint density at radius 2 is 1.76 bits per heavy atom. The third-order valence-corrected chi connectivity index (χ3v) is 3.28. The highest BCUT2D eigenvalue weighted by molar-refractivity contribution is 6.35. The van der Waals surface area contributed by atoms with Crippen molar-refractivity contribution in [3.63, 3.8) is 0 Å². The highest BCUT2D eigenvalue weighted by Crippen LogP contribution is 2.31. The van der Waals surface area contributed by atoms with E-state index < -0.39 is 0 Å². The maximum Gasteiger partial charge on any atom is 0.254 e. The molecule has 1 aromatic rings. The summed E-state index contributed by atoms with van der Waals surface area (Å²) in [5.74, 6) is 0.0203. The van der Waals surface area contributed by atoms with Crippen molar-refractivity contribution in [1.82, 2.24) is 4.90 Å². The zero-order chi connectivity index (χ0) is 12.6. The average Bonchev–Trinajstić information content (AvgIpc) is 2.99. The lowest BCUT2D eigenvalue weighted by molar-refractivity contribution is 0.0690. The molecule has 1 aliphatic carbocycles. The number of carbonyl (C=O) groups is 1. The number of hydrogen-bond acceptors (Lipinski definition) is 1. The van der Waals surface area contributed by atoms with Crippen LogP contribution < -0.4 is 0 Å². The van der Waals surface area contributed by atoms with E-state index in [1.165, 1.54) is 0 Å². The van der Waals surface area contributed by atoms with Gasteiger partial charge in [-0.2, -0.15) is 0 Å². The smallest absolute Gasteiger partial charge is 0.254 e. The molecule has 0 spiro atoms. The van der Waals surface area contributed by atoms with Gasteiger partial charge in [0.1, 0.15) is 0 Å². The maximum absolute atomic E-state index is 12.4. The van der Waals surface area contributed by atoms with E-state index in [-0.39, 0.29) is 11.9 Å². The molecular weight excluding hydrogens is 257 g/mol. The van der Waals surface area contributed by atoms with Gasteiger partial charge in [0.15, 0.2) is 0 Å². The van der Waals surface area contributed by atoms with E-state index in [4.69, 9.17) is 23.2 Å². The van der Waals surface area contributed by atoms with Crippen molar-refractivity contribution in [1.29, 1.82) is 0 Å². The van der Waals surface area contributed by atoms with Crippen molar-refractivity contribution in [2.75, 3.05) is 0 Å². The summed E-state index contributed by atoms with van der Waals surface area (Å²) >= 11 is 11.8. The summed E-state index contributed by atoms with van der Waals surface area (Å²) in [5, 5.41) is 1.00. The molecule has 0 atom stereocenters. The first kappa shape index (κ1) is 12.7. The van der Waals surface area contributed by atoms with Gasteiger partial charge in [0.25, 0.3) is 5.91 Å². The second-order valence-electron chi connectivity index (χ2n) is 4.70. The first-order valence-electron chi connectivity index (χ1n) is 5.78. The van der Waals surface area contributed by atoms with E-state index >= 15 is 0 Å². The maximum atomic E-state index is 12.4. The molecule has 1 fully saturated rings. The number of carbonyl (C=O) groups excluding carboxylic acids is 1. The Bertz CT molecular complexity index is 419. The minimum absolute atomic E-state index is 0.0203. The van der Waals surface area contributed by atoms with E-state index in [9.17, 15) is 4.79 Å². The molecule has 4 heteroatoms. The predicted molar refractivity (Wildman–Crippen MR) is 70.8 cm³/mol. The van der Waals surface area contributed by atoms with E-state index in [0.29, 0.717) is 21.7 Å². The molecule has 92 valence electrons. The van der Waals surface area contributed by atoms with Crippen LogP contribution in [-0.4, -0.2) is 22.9 Å². The number of halogens is 2. The lowest BCUT2D eigenvalue weighted by atomic mass is 10.1. The van der Waals surface area contributed by atoms with Crippen molar-refractivity contribution < 1.29 is 4.79 Å². The zero-order valence-electron chi connectivity index (χ0n) is 9.91. The summed E-state index contributed by atoms with van der Waals surface area (Å²) in [7, 11) is 0. The van der Waals surface area contributed by atoms with Crippen LogP contribution in [0.5, 0.6) is 0 Å². The Kier molecular flexibility index (Phi) is 3.64. The Hall–Kier alpha value is -0.730. The fourth-order valence-corrected chi connectivity index (χ4v) is 2.53. The number of rotatable bonds is 3. The van der Waals surface area contributed by atoms with Gasteiger partial charge < -0.3 is 4.90 Å². The van der Waals surface area contributed by atoms with Crippen molar-refractivity contribution in [2.45, 2.75) is 38.8 Å². The molecule has 0 unspecified atom stereocenters. The highest BCUT2D eigenvalue weighted by atomic mass is 35.5. The van der Waals surface area contributed by atoms with Crippen molar-refractivity contribution in [3.05, 3.63) is 33.8 Å². The van der Waals surface area contributed by atoms with E-state index in [0.717, 1.165) is 12.8 Å². The molecule has 0 heterocycles. The number of amides is 1. The van der Waals surface area contributed by atoms with Gasteiger partial charge >= 0.3 is 0 Å². The van der Waals surface area contributed by atoms with Crippen LogP contribution in [0.2, 0.25) is 10.0 Å². The molecule has 2 rings (SSSR count). The van der Waals surface area contributed by atoms with Crippen LogP contribution >= 0.6 is 23.2 Å². The van der Waals surface area contributed by atoms with Gasteiger partial charge in [0, 0.05) is 27.7 Å². The van der Waals surface area contributed by atoms with Crippen LogP contribution in [0.3, 0.4) is 0 Å². The molecule has 1 aromatic carbocycles. The number of nitrogens with zero attached hydrogens (tertiary/aromatic N) is 1. The van der Waals surface area contributed by atoms with Crippen molar-refractivity contribution >= 4 is 29.1 Å². The van der Waals surface area contributed by atoms with E-state index in [2.05, 4.69) is 0 Å². The Morgan fingerprint density at radius 3 is 2.18 bits per heavy atom. The lowest BCUT2D eigenvalue weighted by Gasteiger charge is -2.26. The normalized spacial score (nSPS) is 15.1. The number of benzene rings is 1. The van der Waals surface area contributed by atoms with Gasteiger partial charge in [-0.1, -0.05) is 23.2 Å². The van der Waals surface area contributed by atoms with Gasteiger partial charge in [-0.15, -0.1) is 0 Å². The lowest BCUT2D eigenvalue weighted by Crippen LogP contribution is -2.38. The summed E-state index contributed by atoms with van der Waals surface area (Å²) in [4.78, 5) is 14.3. The fraction of sp³-hybridized carbons (Fsp3) is 0.462. The highest BCUT2D eigenvalue weighted by Gasteiger charge is 2.34. The third kappa shape index (κ3) is 2.93. The molecule has 17 heavy (non-hydrogen) atoms. The molecule has 0 N–H and O–H groups in total. The molecule has 0 aliphatic heterocycles. The molecule has 0 saturated heterocycles. The predicted octanol–water partition coefficient (Wildman–Crippen LogP) is 4.01. The molecule has 2 nitrogen and oxygen atoms in total. The average molecular weight is 272 g/mol. The quantitative estimate of drug-likeness (QED) is 0.814. The summed E-state index contributed by atoms with van der Waals surface area (Å²) in [6.07, 6.45) is 2.19. The molecule has 0 radical (unpaired) electrons. The molecule has 1 amide bonds. The minimum Gasteiger partial charge on any atom is -0.333 e. The van der Waals surface area contributed by atoms with Crippen LogP contribution in [0.4, 0.5) is 0 Å². The van der Waals surface area contributed by atoms with Gasteiger partial charge in [-0.3, -0.25) is 4.79 Å². The van der Waals surface area contributed by atoms with Crippen LogP contribution in [0, 0.1) is 0 Å². The van der Waals surface area contributed by atoms with Crippen molar-refractivity contribution in [3.8, 4) is 0 Å². The summed E-state index contributed by atoms with van der Waals surface area (Å²) in [5.41, 5.74) is 0.572. The topological polar surface area (TPSA) is 20.3 Å². The SMILES string of the molecule is CC(C)N(C(=O)c1cc(Cl)cc(Cl)c1)C1CC1. The largest absolute Gasteiger partial charge is 0.333 e. The van der Waals surface area contributed by atoms with Gasteiger partial charge in [-0.25, -0.2) is 0 Å². The Morgan fingerprint density at radius 1 is 1.24 bits per heavy atom. The summed E-state index contributed by atoms with van der Waals surface area (Å²) in [6, 6.07) is 5.57. The van der Waals surface area contributed by atoms with Gasteiger partial charge in [-0.05, 0) is 44.9 Å². The third-order valence-electron chi connectivity index (χ3n) is 2.84. The van der Waals surface area contributed by atoms with Crippen LogP contribution in [0.15, 0.2) is 18.2 Å². The first-order valence-corrected chi connectivity index (χ1v) is 6.53. The molecule has 0 aromatic heterocycles. The summed E-state index contributed by atoms with van der Waals surface area (Å²) in [6.45, 7) is 4.06. The van der Waals surface area contributed by atoms with Crippen molar-refractivity contribution in [2.24, 2.45) is 0 Å². The number of hydrogen-bond donors (Lipinski definition) is 0. The molecule has 1 aliphatic rings. The minimum atomic E-state index is 0.0203. The zero-order valence-corrected chi connectivity index (χ0v) is 11.4. The fourth-order valence-electron chi connectivity index (χ4n) is 2.00. The molecule has 1 saturated carbocycles. The van der Waals surface area contributed by atoms with Gasteiger partial charge in [0.05, 0.1) is 0 Å². The summed E-state index contributed by atoms with van der Waals surface area (Å²) < 4.78 is 0. The monoisotopic (exact) mass is 271 g/mol. The second kappa shape index (κ2) is 4.87. The van der Waals surface area contributed by atoms with E-state index in [1.54, 1.807) is 18.2 Å². The Labute approximate surface area is 112 Å². The van der Waals surface area contributed by atoms with Crippen LogP contribution in [0.1, 0.15) is 37.0 Å². The standard InChI is InChI=1S/C13H15Cl2NO/c1-8(2)16(12-3-4-12)13(17)9-5-10(14)7-11(15)6-9/h5-8,12H,3-4H2,1-2H3. The Balaban J connectivity index is 2.28. The van der Waals surface area contributed by atoms with Crippen LogP contribution in [0.25, 0.3) is 0 Å². The van der Waals surface area contributed by atoms with E-state index in [1.807, 2.05) is 18.7 Å².